The lowest BCUT2D eigenvalue weighted by molar-refractivity contribution is -0.00346. The van der Waals surface area contributed by atoms with Crippen molar-refractivity contribution in [2.75, 3.05) is 19.9 Å². The van der Waals surface area contributed by atoms with Gasteiger partial charge in [0.15, 0.2) is 0 Å². The summed E-state index contributed by atoms with van der Waals surface area (Å²) in [6.45, 7) is 11.8. The zero-order valence-electron chi connectivity index (χ0n) is 27.3. The Morgan fingerprint density at radius 3 is 2.30 bits per heavy atom. The molecule has 1 fully saturated rings. The molecule has 5 rings (SSSR count). The molecule has 2 aliphatic rings. The maximum atomic E-state index is 12.9. The van der Waals surface area contributed by atoms with Gasteiger partial charge in [0.1, 0.15) is 5.75 Å². The van der Waals surface area contributed by atoms with E-state index in [4.69, 9.17) is 9.47 Å². The molecule has 1 unspecified atom stereocenters. The predicted molar refractivity (Wildman–Crippen MR) is 180 cm³/mol. The summed E-state index contributed by atoms with van der Waals surface area (Å²) >= 11 is 0. The fourth-order valence-electron chi connectivity index (χ4n) is 5.96. The van der Waals surface area contributed by atoms with E-state index in [1.807, 2.05) is 13.0 Å². The maximum absolute atomic E-state index is 12.9. The molecule has 4 nitrogen and oxygen atoms in total. The number of rotatable bonds is 11. The molecule has 1 saturated heterocycles. The van der Waals surface area contributed by atoms with Crippen LogP contribution in [0.25, 0.3) is 11.1 Å². The number of hydrogen-bond acceptors (Lipinski definition) is 3. The van der Waals surface area contributed by atoms with Crippen molar-refractivity contribution in [3.63, 3.8) is 0 Å². The van der Waals surface area contributed by atoms with Gasteiger partial charge in [-0.1, -0.05) is 75.6 Å². The highest BCUT2D eigenvalue weighted by molar-refractivity contribution is 6.02. The van der Waals surface area contributed by atoms with Crippen LogP contribution < -0.4 is 10.1 Å². The minimum Gasteiger partial charge on any atom is -0.490 e. The topological polar surface area (TPSA) is 47.6 Å². The third kappa shape index (κ3) is 8.59. The van der Waals surface area contributed by atoms with E-state index >= 15 is 0 Å². The van der Waals surface area contributed by atoms with Crippen LogP contribution in [0.4, 0.5) is 4.39 Å². The van der Waals surface area contributed by atoms with Gasteiger partial charge in [0.05, 0.1) is 32.0 Å². The summed E-state index contributed by atoms with van der Waals surface area (Å²) in [5.74, 6) is 0.906. The first-order chi connectivity index (χ1) is 21.4. The molecule has 1 amide bonds. The molecule has 236 valence electrons. The number of alkyl halides is 1. The van der Waals surface area contributed by atoms with Crippen LogP contribution in [0, 0.1) is 13.8 Å². The van der Waals surface area contributed by atoms with Crippen molar-refractivity contribution in [3.05, 3.63) is 99.6 Å². The largest absolute Gasteiger partial charge is 0.490 e. The minimum absolute atomic E-state index is 0.0189. The van der Waals surface area contributed by atoms with Gasteiger partial charge in [-0.3, -0.25) is 9.18 Å². The van der Waals surface area contributed by atoms with E-state index in [0.29, 0.717) is 13.2 Å². The third-order valence-corrected chi connectivity index (χ3v) is 8.49. The van der Waals surface area contributed by atoms with Gasteiger partial charge in [-0.15, -0.1) is 0 Å². The zero-order valence-corrected chi connectivity index (χ0v) is 27.3. The molecule has 5 heteroatoms. The van der Waals surface area contributed by atoms with E-state index in [1.54, 1.807) is 0 Å². The molecular weight excluding hydrogens is 549 g/mol. The van der Waals surface area contributed by atoms with Crippen LogP contribution >= 0.6 is 0 Å². The third-order valence-electron chi connectivity index (χ3n) is 8.49. The number of fused-ring (bicyclic) bond motifs is 1. The van der Waals surface area contributed by atoms with Gasteiger partial charge in [-0.25, -0.2) is 0 Å². The Morgan fingerprint density at radius 1 is 0.955 bits per heavy atom. The van der Waals surface area contributed by atoms with Crippen molar-refractivity contribution in [2.24, 2.45) is 0 Å². The summed E-state index contributed by atoms with van der Waals surface area (Å²) in [5.41, 5.74) is 10.9. The van der Waals surface area contributed by atoms with E-state index in [1.165, 1.54) is 44.5 Å². The fraction of sp³-hybridized carbons (Fsp3) is 0.462. The standard InChI is InChI=1S/C35H41NO3.C4H9F/c1-5-8-29(6-2)39-30-15-12-25(13-16-30)34-32-18-14-27(35(37)36-28-21-38-22-28)20-26(32)9-7-10-33(34)31-17-11-23(3)19-24(31)4;1-2-3-4-5/h11-20,28-29H,5-10,21-22H2,1-4H3,(H,36,37);2-4H2,1H3. The summed E-state index contributed by atoms with van der Waals surface area (Å²) in [7, 11) is 0. The highest BCUT2D eigenvalue weighted by atomic mass is 19.1. The average molecular weight is 600 g/mol. The Balaban J connectivity index is 0.000000818. The molecule has 0 bridgehead atoms. The summed E-state index contributed by atoms with van der Waals surface area (Å²) in [4.78, 5) is 12.9. The van der Waals surface area contributed by atoms with Crippen LogP contribution in [0.1, 0.15) is 109 Å². The van der Waals surface area contributed by atoms with E-state index in [-0.39, 0.29) is 24.7 Å². The lowest BCUT2D eigenvalue weighted by Gasteiger charge is -2.27. The van der Waals surface area contributed by atoms with Crippen LogP contribution in [-0.2, 0) is 11.2 Å². The van der Waals surface area contributed by atoms with Gasteiger partial charge >= 0.3 is 0 Å². The molecule has 0 saturated carbocycles. The molecule has 1 atom stereocenters. The highest BCUT2D eigenvalue weighted by Gasteiger charge is 2.24. The Hall–Kier alpha value is -3.44. The summed E-state index contributed by atoms with van der Waals surface area (Å²) in [6, 6.07) is 21.8. The van der Waals surface area contributed by atoms with Gasteiger partial charge in [0.25, 0.3) is 5.91 Å². The van der Waals surface area contributed by atoms with Crippen molar-refractivity contribution in [1.82, 2.24) is 5.32 Å². The number of aryl methyl sites for hydroxylation is 3. The smallest absolute Gasteiger partial charge is 0.251 e. The fourth-order valence-corrected chi connectivity index (χ4v) is 5.96. The average Bonchev–Trinajstić information content (AvgIpc) is 3.19. The van der Waals surface area contributed by atoms with Crippen molar-refractivity contribution in [1.29, 1.82) is 0 Å². The quantitative estimate of drug-likeness (QED) is 0.239. The predicted octanol–water partition coefficient (Wildman–Crippen LogP) is 9.44. The molecule has 0 aromatic heterocycles. The molecule has 0 radical (unpaired) electrons. The Bertz CT molecular complexity index is 1410. The molecule has 3 aromatic carbocycles. The first kappa shape index (κ1) is 33.5. The first-order valence-electron chi connectivity index (χ1n) is 16.5. The molecule has 1 aliphatic heterocycles. The number of carbonyl (C=O) groups is 1. The van der Waals surface area contributed by atoms with Crippen LogP contribution in [0.15, 0.2) is 60.7 Å². The van der Waals surface area contributed by atoms with Gasteiger partial charge in [-0.2, -0.15) is 0 Å². The van der Waals surface area contributed by atoms with Crippen LogP contribution in [0.5, 0.6) is 5.75 Å². The lowest BCUT2D eigenvalue weighted by atomic mass is 9.85. The molecule has 1 heterocycles. The second kappa shape index (κ2) is 16.6. The van der Waals surface area contributed by atoms with Crippen molar-refractivity contribution in [2.45, 2.75) is 98.1 Å². The Labute approximate surface area is 264 Å². The number of nitrogens with one attached hydrogen (secondary N) is 1. The maximum Gasteiger partial charge on any atom is 0.251 e. The number of unbranched alkanes of at least 4 members (excludes halogenated alkanes) is 1. The highest BCUT2D eigenvalue weighted by Crippen LogP contribution is 2.41. The van der Waals surface area contributed by atoms with Crippen molar-refractivity contribution in [3.8, 4) is 5.75 Å². The summed E-state index contributed by atoms with van der Waals surface area (Å²) < 4.78 is 22.5. The second-order valence-corrected chi connectivity index (χ2v) is 12.1. The molecule has 1 aliphatic carbocycles. The number of halogens is 1. The van der Waals surface area contributed by atoms with E-state index in [2.05, 4.69) is 87.6 Å². The number of ether oxygens (including phenoxy) is 2. The Kier molecular flexibility index (Phi) is 12.6. The van der Waals surface area contributed by atoms with E-state index in [9.17, 15) is 9.18 Å². The van der Waals surface area contributed by atoms with Gasteiger partial charge < -0.3 is 14.8 Å². The normalized spacial score (nSPS) is 15.3. The molecule has 0 spiro atoms. The zero-order chi connectivity index (χ0) is 31.5. The van der Waals surface area contributed by atoms with Crippen molar-refractivity contribution < 1.29 is 18.7 Å². The number of benzene rings is 3. The monoisotopic (exact) mass is 599 g/mol. The molecule has 44 heavy (non-hydrogen) atoms. The number of hydrogen-bond donors (Lipinski definition) is 1. The van der Waals surface area contributed by atoms with Gasteiger partial charge in [-0.05, 0) is 116 Å². The van der Waals surface area contributed by atoms with Crippen LogP contribution in [-0.4, -0.2) is 37.9 Å². The molecule has 1 N–H and O–H groups in total. The first-order valence-corrected chi connectivity index (χ1v) is 16.5. The van der Waals surface area contributed by atoms with E-state index < -0.39 is 0 Å². The van der Waals surface area contributed by atoms with E-state index in [0.717, 1.165) is 62.7 Å². The van der Waals surface area contributed by atoms with Gasteiger partial charge in [0, 0.05) is 5.56 Å². The number of amides is 1. The Morgan fingerprint density at radius 2 is 1.70 bits per heavy atom. The molecular formula is C39H50FNO3. The van der Waals surface area contributed by atoms with Crippen LogP contribution in [0.2, 0.25) is 0 Å². The number of allylic oxidation sites excluding steroid dienone is 1. The SMILES string of the molecule is CCCC(CC)Oc1ccc(C2=C(c3ccc(C)cc3C)CCCc3cc(C(=O)NC4COC4)ccc32)cc1.CCCCF. The van der Waals surface area contributed by atoms with Crippen LogP contribution in [0.3, 0.4) is 0 Å². The summed E-state index contributed by atoms with van der Waals surface area (Å²) in [5, 5.41) is 3.09. The van der Waals surface area contributed by atoms with Gasteiger partial charge in [0.2, 0.25) is 0 Å². The molecule has 3 aromatic rings. The number of carbonyl (C=O) groups excluding carboxylic acids is 1. The minimum atomic E-state index is -0.156. The lowest BCUT2D eigenvalue weighted by Crippen LogP contribution is -2.48. The second-order valence-electron chi connectivity index (χ2n) is 12.1. The van der Waals surface area contributed by atoms with Crippen molar-refractivity contribution >= 4 is 17.1 Å². The summed E-state index contributed by atoms with van der Waals surface area (Å²) in [6.07, 6.45) is 8.10.